The van der Waals surface area contributed by atoms with Crippen molar-refractivity contribution in [2.45, 2.75) is 4.90 Å². The summed E-state index contributed by atoms with van der Waals surface area (Å²) in [4.78, 5) is 11.3. The minimum atomic E-state index is -3.72. The Kier molecular flexibility index (Phi) is 4.25. The lowest BCUT2D eigenvalue weighted by Gasteiger charge is -2.07. The molecular formula is C14H13NO5S. The number of primary sulfonamides is 1. The highest BCUT2D eigenvalue weighted by molar-refractivity contribution is 7.89. The van der Waals surface area contributed by atoms with E-state index < -0.39 is 16.0 Å². The second-order valence-electron chi connectivity index (χ2n) is 4.13. The van der Waals surface area contributed by atoms with Gasteiger partial charge in [-0.05, 0) is 48.5 Å². The van der Waals surface area contributed by atoms with Crippen molar-refractivity contribution in [3.05, 3.63) is 54.1 Å². The number of hydrogen-bond acceptors (Lipinski definition) is 5. The van der Waals surface area contributed by atoms with E-state index in [-0.39, 0.29) is 4.90 Å². The number of carbonyl (C=O) groups is 1. The van der Waals surface area contributed by atoms with Crippen LogP contribution in [0.3, 0.4) is 0 Å². The topological polar surface area (TPSA) is 95.7 Å². The molecule has 0 heterocycles. The second-order valence-corrected chi connectivity index (χ2v) is 5.70. The summed E-state index contributed by atoms with van der Waals surface area (Å²) in [5.74, 6) is 0.526. The lowest BCUT2D eigenvalue weighted by Crippen LogP contribution is -2.11. The normalized spacial score (nSPS) is 11.0. The molecule has 2 N–H and O–H groups in total. The zero-order chi connectivity index (χ0) is 15.5. The Balaban J connectivity index is 2.13. The number of benzene rings is 2. The Hall–Kier alpha value is -2.38. The van der Waals surface area contributed by atoms with Crippen molar-refractivity contribution in [1.82, 2.24) is 0 Å². The van der Waals surface area contributed by atoms with Gasteiger partial charge in [0.15, 0.2) is 0 Å². The molecule has 2 aromatic rings. The summed E-state index contributed by atoms with van der Waals surface area (Å²) < 4.78 is 32.4. The smallest absolute Gasteiger partial charge is 0.337 e. The highest BCUT2D eigenvalue weighted by Gasteiger charge is 2.08. The van der Waals surface area contributed by atoms with E-state index in [1.54, 1.807) is 24.3 Å². The molecule has 0 aliphatic carbocycles. The maximum absolute atomic E-state index is 11.3. The van der Waals surface area contributed by atoms with Crippen LogP contribution in [-0.2, 0) is 14.8 Å². The van der Waals surface area contributed by atoms with E-state index in [1.807, 2.05) is 0 Å². The second kappa shape index (κ2) is 5.94. The fraction of sp³-hybridized carbons (Fsp3) is 0.0714. The largest absolute Gasteiger partial charge is 0.465 e. The van der Waals surface area contributed by atoms with Crippen molar-refractivity contribution in [2.24, 2.45) is 5.14 Å². The van der Waals surface area contributed by atoms with Crippen molar-refractivity contribution >= 4 is 16.0 Å². The van der Waals surface area contributed by atoms with Crippen LogP contribution in [-0.4, -0.2) is 21.5 Å². The summed E-state index contributed by atoms with van der Waals surface area (Å²) in [6.07, 6.45) is 0. The van der Waals surface area contributed by atoms with Gasteiger partial charge in [0.05, 0.1) is 17.6 Å². The number of sulfonamides is 1. The molecule has 0 amide bonds. The Morgan fingerprint density at radius 1 is 0.952 bits per heavy atom. The fourth-order valence-electron chi connectivity index (χ4n) is 1.61. The molecule has 110 valence electrons. The Morgan fingerprint density at radius 3 is 1.86 bits per heavy atom. The lowest BCUT2D eigenvalue weighted by atomic mass is 10.2. The van der Waals surface area contributed by atoms with Crippen molar-refractivity contribution in [3.63, 3.8) is 0 Å². The van der Waals surface area contributed by atoms with Crippen molar-refractivity contribution in [1.29, 1.82) is 0 Å². The average Bonchev–Trinajstić information content (AvgIpc) is 2.47. The Morgan fingerprint density at radius 2 is 1.43 bits per heavy atom. The third kappa shape index (κ3) is 3.80. The predicted molar refractivity (Wildman–Crippen MR) is 75.7 cm³/mol. The van der Waals surface area contributed by atoms with Gasteiger partial charge >= 0.3 is 5.97 Å². The van der Waals surface area contributed by atoms with Gasteiger partial charge in [-0.1, -0.05) is 0 Å². The van der Waals surface area contributed by atoms with Crippen LogP contribution in [0.5, 0.6) is 11.5 Å². The highest BCUT2D eigenvalue weighted by atomic mass is 32.2. The summed E-state index contributed by atoms with van der Waals surface area (Å²) in [6.45, 7) is 0. The van der Waals surface area contributed by atoms with E-state index in [0.717, 1.165) is 0 Å². The first-order valence-electron chi connectivity index (χ1n) is 5.89. The number of ether oxygens (including phenoxy) is 2. The maximum atomic E-state index is 11.3. The van der Waals surface area contributed by atoms with Crippen molar-refractivity contribution in [2.75, 3.05) is 7.11 Å². The van der Waals surface area contributed by atoms with Crippen molar-refractivity contribution in [3.8, 4) is 11.5 Å². The lowest BCUT2D eigenvalue weighted by molar-refractivity contribution is 0.0600. The molecule has 0 bridgehead atoms. The minimum absolute atomic E-state index is 0.0101. The predicted octanol–water partition coefficient (Wildman–Crippen LogP) is 1.91. The van der Waals surface area contributed by atoms with Gasteiger partial charge in [0, 0.05) is 0 Å². The average molecular weight is 307 g/mol. The molecule has 7 heteroatoms. The zero-order valence-corrected chi connectivity index (χ0v) is 12.0. The standard InChI is InChI=1S/C14H13NO5S/c1-19-14(16)10-2-4-11(5-3-10)20-12-6-8-13(9-7-12)21(15,17)18/h2-9H,1H3,(H2,15,17,18). The van der Waals surface area contributed by atoms with Gasteiger partial charge in [0.25, 0.3) is 0 Å². The van der Waals surface area contributed by atoms with E-state index >= 15 is 0 Å². The molecule has 0 saturated heterocycles. The van der Waals surface area contributed by atoms with Gasteiger partial charge in [-0.15, -0.1) is 0 Å². The summed E-state index contributed by atoms with van der Waals surface area (Å²) in [7, 11) is -2.41. The summed E-state index contributed by atoms with van der Waals surface area (Å²) in [5.41, 5.74) is 0.412. The van der Waals surface area contributed by atoms with Gasteiger partial charge in [-0.2, -0.15) is 0 Å². The molecule has 0 radical (unpaired) electrons. The zero-order valence-electron chi connectivity index (χ0n) is 11.1. The number of hydrogen-bond donors (Lipinski definition) is 1. The van der Waals surface area contributed by atoms with Gasteiger partial charge in [-0.25, -0.2) is 18.4 Å². The molecule has 0 unspecified atom stereocenters. The quantitative estimate of drug-likeness (QED) is 0.870. The van der Waals surface area contributed by atoms with Crippen LogP contribution in [0.25, 0.3) is 0 Å². The van der Waals surface area contributed by atoms with Crippen LogP contribution in [0.4, 0.5) is 0 Å². The van der Waals surface area contributed by atoms with E-state index in [0.29, 0.717) is 17.1 Å². The maximum Gasteiger partial charge on any atom is 0.337 e. The number of nitrogens with two attached hydrogens (primary N) is 1. The van der Waals surface area contributed by atoms with E-state index in [9.17, 15) is 13.2 Å². The van der Waals surface area contributed by atoms with Gasteiger partial charge in [-0.3, -0.25) is 0 Å². The number of esters is 1. The molecule has 0 aliphatic rings. The Bertz CT molecular complexity index is 736. The van der Waals surface area contributed by atoms with Crippen LogP contribution in [0, 0.1) is 0 Å². The van der Waals surface area contributed by atoms with Gasteiger partial charge < -0.3 is 9.47 Å². The summed E-state index contributed by atoms with van der Waals surface area (Å²) in [5, 5.41) is 5.01. The summed E-state index contributed by atoms with van der Waals surface area (Å²) >= 11 is 0. The van der Waals surface area contributed by atoms with Gasteiger partial charge in [0.2, 0.25) is 10.0 Å². The first-order valence-corrected chi connectivity index (χ1v) is 7.44. The van der Waals surface area contributed by atoms with Gasteiger partial charge in [0.1, 0.15) is 11.5 Å². The SMILES string of the molecule is COC(=O)c1ccc(Oc2ccc(S(N)(=O)=O)cc2)cc1. The molecule has 0 saturated carbocycles. The first kappa shape index (κ1) is 15.0. The third-order valence-corrected chi connectivity index (χ3v) is 3.59. The molecule has 2 aromatic carbocycles. The molecule has 0 atom stereocenters. The fourth-order valence-corrected chi connectivity index (χ4v) is 2.13. The minimum Gasteiger partial charge on any atom is -0.465 e. The molecule has 2 rings (SSSR count). The molecule has 0 fully saturated rings. The highest BCUT2D eigenvalue weighted by Crippen LogP contribution is 2.23. The Labute approximate surface area is 122 Å². The third-order valence-electron chi connectivity index (χ3n) is 2.66. The molecule has 0 aromatic heterocycles. The van der Waals surface area contributed by atoms with Crippen LogP contribution in [0.15, 0.2) is 53.4 Å². The summed E-state index contributed by atoms with van der Waals surface area (Å²) in [6, 6.07) is 12.1. The monoisotopic (exact) mass is 307 g/mol. The first-order chi connectivity index (χ1) is 9.90. The molecule has 21 heavy (non-hydrogen) atoms. The number of rotatable bonds is 4. The number of methoxy groups -OCH3 is 1. The molecule has 0 aliphatic heterocycles. The van der Waals surface area contributed by atoms with Crippen LogP contribution in [0.2, 0.25) is 0 Å². The molecule has 6 nitrogen and oxygen atoms in total. The molecule has 0 spiro atoms. The van der Waals surface area contributed by atoms with Crippen LogP contribution >= 0.6 is 0 Å². The van der Waals surface area contributed by atoms with Crippen LogP contribution in [0.1, 0.15) is 10.4 Å². The van der Waals surface area contributed by atoms with E-state index in [1.165, 1.54) is 31.4 Å². The van der Waals surface area contributed by atoms with Crippen LogP contribution < -0.4 is 9.88 Å². The van der Waals surface area contributed by atoms with E-state index in [4.69, 9.17) is 9.88 Å². The van der Waals surface area contributed by atoms with E-state index in [2.05, 4.69) is 4.74 Å². The number of carbonyl (C=O) groups excluding carboxylic acids is 1. The van der Waals surface area contributed by atoms with Crippen molar-refractivity contribution < 1.29 is 22.7 Å². The molecular weight excluding hydrogens is 294 g/mol.